The Morgan fingerprint density at radius 2 is 1.42 bits per heavy atom. The van der Waals surface area contributed by atoms with E-state index in [0.717, 1.165) is 15.6 Å². The average Bonchev–Trinajstić information content (AvgIpc) is 2.45. The molecule has 0 aliphatic rings. The van der Waals surface area contributed by atoms with Crippen molar-refractivity contribution in [3.05, 3.63) is 58.1 Å². The molecule has 0 unspecified atom stereocenters. The molecule has 0 saturated carbocycles. The number of halogens is 1. The largest absolute Gasteiger partial charge is 0.325 e. The molecule has 2 amide bonds. The predicted octanol–water partition coefficient (Wildman–Crippen LogP) is 4.67. The Morgan fingerprint density at radius 1 is 0.875 bits per heavy atom. The van der Waals surface area contributed by atoms with E-state index < -0.39 is 5.41 Å². The van der Waals surface area contributed by atoms with Crippen molar-refractivity contribution in [2.75, 3.05) is 10.6 Å². The fourth-order valence-corrected chi connectivity index (χ4v) is 2.69. The van der Waals surface area contributed by atoms with Crippen LogP contribution in [0.5, 0.6) is 0 Å². The second-order valence-corrected chi connectivity index (χ2v) is 7.34. The molecule has 2 aromatic carbocycles. The number of hydrogen-bond donors (Lipinski definition) is 2. The molecule has 2 aromatic rings. The monoisotopic (exact) mass is 388 g/mol. The summed E-state index contributed by atoms with van der Waals surface area (Å²) in [5.74, 6) is -0.706. The lowest BCUT2D eigenvalue weighted by molar-refractivity contribution is -0.135. The van der Waals surface area contributed by atoms with Crippen LogP contribution < -0.4 is 10.6 Å². The molecule has 0 atom stereocenters. The van der Waals surface area contributed by atoms with Gasteiger partial charge in [-0.1, -0.05) is 28.1 Å². The van der Waals surface area contributed by atoms with Crippen LogP contribution >= 0.6 is 15.9 Å². The molecule has 0 fully saturated rings. The fraction of sp³-hybridized carbons (Fsp3) is 0.263. The first kappa shape index (κ1) is 18.2. The van der Waals surface area contributed by atoms with Crippen molar-refractivity contribution >= 4 is 39.1 Å². The fourth-order valence-electron chi connectivity index (χ4n) is 2.29. The van der Waals surface area contributed by atoms with Gasteiger partial charge in [-0.05, 0) is 69.2 Å². The summed E-state index contributed by atoms with van der Waals surface area (Å²) in [5, 5.41) is 5.62. The number of benzene rings is 2. The maximum Gasteiger partial charge on any atom is 0.239 e. The van der Waals surface area contributed by atoms with Crippen LogP contribution in [-0.2, 0) is 9.59 Å². The average molecular weight is 389 g/mol. The third-order valence-electron chi connectivity index (χ3n) is 3.70. The van der Waals surface area contributed by atoms with Crippen LogP contribution in [0.1, 0.15) is 25.0 Å². The highest BCUT2D eigenvalue weighted by atomic mass is 79.9. The van der Waals surface area contributed by atoms with Gasteiger partial charge in [-0.2, -0.15) is 0 Å². The molecule has 0 aromatic heterocycles. The number of rotatable bonds is 4. The van der Waals surface area contributed by atoms with E-state index >= 15 is 0 Å². The van der Waals surface area contributed by atoms with Gasteiger partial charge in [0, 0.05) is 15.8 Å². The van der Waals surface area contributed by atoms with Crippen LogP contribution in [-0.4, -0.2) is 11.8 Å². The van der Waals surface area contributed by atoms with Crippen molar-refractivity contribution in [1.82, 2.24) is 0 Å². The number of amides is 2. The summed E-state index contributed by atoms with van der Waals surface area (Å²) in [6, 6.07) is 13.0. The molecular weight excluding hydrogens is 368 g/mol. The summed E-state index contributed by atoms with van der Waals surface area (Å²) in [7, 11) is 0. The van der Waals surface area contributed by atoms with Crippen LogP contribution in [0.25, 0.3) is 0 Å². The molecule has 0 heterocycles. The molecule has 4 nitrogen and oxygen atoms in total. The minimum absolute atomic E-state index is 0.347. The first-order chi connectivity index (χ1) is 11.2. The Labute approximate surface area is 150 Å². The van der Waals surface area contributed by atoms with E-state index in [4.69, 9.17) is 0 Å². The van der Waals surface area contributed by atoms with E-state index in [1.165, 1.54) is 0 Å². The SMILES string of the molecule is Cc1cc(C)cc(NC(=O)C(C)(C)C(=O)Nc2cccc(Br)c2)c1. The van der Waals surface area contributed by atoms with Crippen molar-refractivity contribution in [1.29, 1.82) is 0 Å². The Bertz CT molecular complexity index is 764. The van der Waals surface area contributed by atoms with Gasteiger partial charge in [0.05, 0.1) is 0 Å². The van der Waals surface area contributed by atoms with Gasteiger partial charge in [0.25, 0.3) is 0 Å². The maximum atomic E-state index is 12.6. The molecule has 0 aliphatic heterocycles. The zero-order chi connectivity index (χ0) is 17.9. The number of nitrogens with one attached hydrogen (secondary N) is 2. The smallest absolute Gasteiger partial charge is 0.239 e. The second kappa shape index (κ2) is 7.18. The van der Waals surface area contributed by atoms with E-state index in [-0.39, 0.29) is 11.8 Å². The first-order valence-corrected chi connectivity index (χ1v) is 8.44. The summed E-state index contributed by atoms with van der Waals surface area (Å²) in [5.41, 5.74) is 2.24. The van der Waals surface area contributed by atoms with Crippen molar-refractivity contribution in [3.63, 3.8) is 0 Å². The molecule has 2 rings (SSSR count). The van der Waals surface area contributed by atoms with Gasteiger partial charge >= 0.3 is 0 Å². The first-order valence-electron chi connectivity index (χ1n) is 7.65. The molecule has 2 N–H and O–H groups in total. The van der Waals surface area contributed by atoms with Crippen LogP contribution in [0.15, 0.2) is 46.9 Å². The third-order valence-corrected chi connectivity index (χ3v) is 4.19. The van der Waals surface area contributed by atoms with Gasteiger partial charge < -0.3 is 10.6 Å². The molecule has 5 heteroatoms. The predicted molar refractivity (Wildman–Crippen MR) is 101 cm³/mol. The number of carbonyl (C=O) groups is 2. The number of hydrogen-bond acceptors (Lipinski definition) is 2. The van der Waals surface area contributed by atoms with Gasteiger partial charge in [-0.25, -0.2) is 0 Å². The summed E-state index contributed by atoms with van der Waals surface area (Å²) in [6.45, 7) is 7.15. The summed E-state index contributed by atoms with van der Waals surface area (Å²) in [4.78, 5) is 25.1. The van der Waals surface area contributed by atoms with Crippen molar-refractivity contribution in [2.45, 2.75) is 27.7 Å². The lowest BCUT2D eigenvalue weighted by atomic mass is 9.90. The second-order valence-electron chi connectivity index (χ2n) is 6.42. The standard InChI is InChI=1S/C19H21BrN2O2/c1-12-8-13(2)10-16(9-12)22-18(24)19(3,4)17(23)21-15-7-5-6-14(20)11-15/h5-11H,1-4H3,(H,21,23)(H,22,24). The van der Waals surface area contributed by atoms with E-state index in [0.29, 0.717) is 11.4 Å². The molecule has 0 saturated heterocycles. The topological polar surface area (TPSA) is 58.2 Å². The maximum absolute atomic E-state index is 12.6. The minimum Gasteiger partial charge on any atom is -0.325 e. The van der Waals surface area contributed by atoms with E-state index in [1.54, 1.807) is 26.0 Å². The lowest BCUT2D eigenvalue weighted by Gasteiger charge is -2.23. The summed E-state index contributed by atoms with van der Waals surface area (Å²) in [6.07, 6.45) is 0. The van der Waals surface area contributed by atoms with E-state index in [1.807, 2.05) is 44.2 Å². The van der Waals surface area contributed by atoms with Gasteiger partial charge in [0.1, 0.15) is 5.41 Å². The van der Waals surface area contributed by atoms with Crippen molar-refractivity contribution in [2.24, 2.45) is 5.41 Å². The Morgan fingerprint density at radius 3 is 1.96 bits per heavy atom. The van der Waals surface area contributed by atoms with Crippen molar-refractivity contribution < 1.29 is 9.59 Å². The normalized spacial score (nSPS) is 11.0. The Hall–Kier alpha value is -2.14. The van der Waals surface area contributed by atoms with Gasteiger partial charge in [-0.3, -0.25) is 9.59 Å². The van der Waals surface area contributed by atoms with Crippen molar-refractivity contribution in [3.8, 4) is 0 Å². The molecule has 126 valence electrons. The number of carbonyl (C=O) groups excluding carboxylic acids is 2. The molecule has 0 spiro atoms. The molecule has 24 heavy (non-hydrogen) atoms. The zero-order valence-corrected chi connectivity index (χ0v) is 15.8. The number of aryl methyl sites for hydroxylation is 2. The highest BCUT2D eigenvalue weighted by Crippen LogP contribution is 2.23. The zero-order valence-electron chi connectivity index (χ0n) is 14.2. The highest BCUT2D eigenvalue weighted by molar-refractivity contribution is 9.10. The summed E-state index contributed by atoms with van der Waals surface area (Å²) >= 11 is 3.36. The highest BCUT2D eigenvalue weighted by Gasteiger charge is 2.36. The third kappa shape index (κ3) is 4.45. The van der Waals surface area contributed by atoms with Crippen LogP contribution in [0.2, 0.25) is 0 Å². The lowest BCUT2D eigenvalue weighted by Crippen LogP contribution is -2.41. The molecule has 0 bridgehead atoms. The van der Waals surface area contributed by atoms with E-state index in [2.05, 4.69) is 26.6 Å². The van der Waals surface area contributed by atoms with E-state index in [9.17, 15) is 9.59 Å². The molecular formula is C19H21BrN2O2. The van der Waals surface area contributed by atoms with Gasteiger partial charge in [0.15, 0.2) is 0 Å². The molecule has 0 aliphatic carbocycles. The minimum atomic E-state index is -1.21. The van der Waals surface area contributed by atoms with Gasteiger partial charge in [0.2, 0.25) is 11.8 Å². The Balaban J connectivity index is 2.12. The number of anilines is 2. The van der Waals surface area contributed by atoms with Crippen LogP contribution in [0.3, 0.4) is 0 Å². The molecule has 0 radical (unpaired) electrons. The Kier molecular flexibility index (Phi) is 5.44. The van der Waals surface area contributed by atoms with Crippen LogP contribution in [0.4, 0.5) is 11.4 Å². The summed E-state index contributed by atoms with van der Waals surface area (Å²) < 4.78 is 0.859. The van der Waals surface area contributed by atoms with Gasteiger partial charge in [-0.15, -0.1) is 0 Å². The van der Waals surface area contributed by atoms with Crippen LogP contribution in [0, 0.1) is 19.3 Å². The quantitative estimate of drug-likeness (QED) is 0.747.